The second-order valence-electron chi connectivity index (χ2n) is 6.76. The van der Waals surface area contributed by atoms with Crippen LogP contribution in [0.1, 0.15) is 12.0 Å². The number of amides is 1. The fourth-order valence-electron chi connectivity index (χ4n) is 3.92. The van der Waals surface area contributed by atoms with Gasteiger partial charge in [0.25, 0.3) is 6.01 Å². The van der Waals surface area contributed by atoms with Crippen molar-refractivity contribution in [1.82, 2.24) is 4.98 Å². The maximum absolute atomic E-state index is 13.0. The lowest BCUT2D eigenvalue weighted by Gasteiger charge is -2.21. The molecule has 0 radical (unpaired) electrons. The Balaban J connectivity index is 1.34. The van der Waals surface area contributed by atoms with Crippen LogP contribution in [0.5, 0.6) is 0 Å². The average molecular weight is 333 g/mol. The molecule has 1 saturated heterocycles. The van der Waals surface area contributed by atoms with E-state index in [2.05, 4.69) is 16.0 Å². The molecule has 25 heavy (non-hydrogen) atoms. The molecule has 2 aliphatic rings. The minimum atomic E-state index is 0.00108. The first-order chi connectivity index (χ1) is 12.3. The van der Waals surface area contributed by atoms with Crippen molar-refractivity contribution < 1.29 is 9.21 Å². The van der Waals surface area contributed by atoms with Gasteiger partial charge in [0.1, 0.15) is 5.52 Å². The van der Waals surface area contributed by atoms with Crippen LogP contribution < -0.4 is 9.80 Å². The summed E-state index contributed by atoms with van der Waals surface area (Å²) in [5, 5.41) is 0. The fraction of sp³-hybridized carbons (Fsp3) is 0.300. The molecule has 5 heteroatoms. The third-order valence-corrected chi connectivity index (χ3v) is 5.24. The zero-order chi connectivity index (χ0) is 16.8. The monoisotopic (exact) mass is 333 g/mol. The van der Waals surface area contributed by atoms with Crippen molar-refractivity contribution in [2.45, 2.75) is 12.8 Å². The summed E-state index contributed by atoms with van der Waals surface area (Å²) in [6.45, 7) is 2.26. The molecule has 0 saturated carbocycles. The van der Waals surface area contributed by atoms with E-state index in [0.29, 0.717) is 12.6 Å². The first-order valence-electron chi connectivity index (χ1n) is 8.79. The topological polar surface area (TPSA) is 49.6 Å². The van der Waals surface area contributed by atoms with Crippen LogP contribution in [0.4, 0.5) is 11.7 Å². The molecule has 3 aromatic rings. The lowest BCUT2D eigenvalue weighted by atomic mass is 10.1. The molecule has 3 heterocycles. The van der Waals surface area contributed by atoms with E-state index in [1.807, 2.05) is 47.4 Å². The number of carbonyl (C=O) groups is 1. The van der Waals surface area contributed by atoms with Gasteiger partial charge in [-0.25, -0.2) is 0 Å². The first-order valence-corrected chi connectivity index (χ1v) is 8.79. The standard InChI is InChI=1S/C20H19N3O2/c24-19(23-12-10-14-5-1-3-7-17(14)23)15-9-11-22(13-15)20-21-16-6-2-4-8-18(16)25-20/h1-8,15H,9-13H2. The van der Waals surface area contributed by atoms with Gasteiger partial charge in [0.2, 0.25) is 5.91 Å². The van der Waals surface area contributed by atoms with Gasteiger partial charge in [0.05, 0.1) is 5.92 Å². The Bertz CT molecular complexity index is 916. The van der Waals surface area contributed by atoms with Gasteiger partial charge in [0.15, 0.2) is 5.58 Å². The molecule has 0 bridgehead atoms. The summed E-state index contributed by atoms with van der Waals surface area (Å²) < 4.78 is 5.85. The fourth-order valence-corrected chi connectivity index (χ4v) is 3.92. The van der Waals surface area contributed by atoms with E-state index in [9.17, 15) is 4.79 Å². The molecule has 1 amide bonds. The lowest BCUT2D eigenvalue weighted by molar-refractivity contribution is -0.121. The number of fused-ring (bicyclic) bond motifs is 2. The average Bonchev–Trinajstić information content (AvgIpc) is 3.37. The van der Waals surface area contributed by atoms with Crippen molar-refractivity contribution in [1.29, 1.82) is 0 Å². The number of oxazole rings is 1. The molecule has 1 aromatic heterocycles. The van der Waals surface area contributed by atoms with Crippen LogP contribution in [-0.4, -0.2) is 30.5 Å². The minimum absolute atomic E-state index is 0.00108. The molecular formula is C20H19N3O2. The van der Waals surface area contributed by atoms with Crippen molar-refractivity contribution in [2.75, 3.05) is 29.4 Å². The zero-order valence-electron chi connectivity index (χ0n) is 13.9. The third-order valence-electron chi connectivity index (χ3n) is 5.24. The van der Waals surface area contributed by atoms with E-state index in [0.717, 1.165) is 42.7 Å². The van der Waals surface area contributed by atoms with Crippen LogP contribution in [0, 0.1) is 5.92 Å². The molecule has 0 aliphatic carbocycles. The SMILES string of the molecule is O=C(C1CCN(c2nc3ccccc3o2)C1)N1CCc2ccccc21. The number of anilines is 2. The predicted octanol–water partition coefficient (Wildman–Crippen LogP) is 3.24. The number of carbonyl (C=O) groups excluding carboxylic acids is 1. The summed E-state index contributed by atoms with van der Waals surface area (Å²) in [5.41, 5.74) is 4.00. The van der Waals surface area contributed by atoms with Gasteiger partial charge in [-0.3, -0.25) is 4.79 Å². The highest BCUT2D eigenvalue weighted by Gasteiger charge is 2.35. The van der Waals surface area contributed by atoms with E-state index in [4.69, 9.17) is 4.42 Å². The van der Waals surface area contributed by atoms with Gasteiger partial charge in [-0.15, -0.1) is 0 Å². The zero-order valence-corrected chi connectivity index (χ0v) is 13.9. The molecule has 1 unspecified atom stereocenters. The Morgan fingerprint density at radius 2 is 1.92 bits per heavy atom. The number of aromatic nitrogens is 1. The summed E-state index contributed by atoms with van der Waals surface area (Å²) in [4.78, 5) is 21.6. The van der Waals surface area contributed by atoms with E-state index in [1.54, 1.807) is 0 Å². The van der Waals surface area contributed by atoms with Crippen LogP contribution in [0.15, 0.2) is 52.9 Å². The second-order valence-corrected chi connectivity index (χ2v) is 6.76. The summed E-state index contributed by atoms with van der Waals surface area (Å²) >= 11 is 0. The van der Waals surface area contributed by atoms with Gasteiger partial charge in [-0.05, 0) is 36.6 Å². The van der Waals surface area contributed by atoms with Crippen LogP contribution >= 0.6 is 0 Å². The summed E-state index contributed by atoms with van der Waals surface area (Å²) in [5.74, 6) is 0.227. The lowest BCUT2D eigenvalue weighted by Crippen LogP contribution is -2.36. The minimum Gasteiger partial charge on any atom is -0.423 e. The maximum Gasteiger partial charge on any atom is 0.298 e. The van der Waals surface area contributed by atoms with Crippen LogP contribution in [0.3, 0.4) is 0 Å². The summed E-state index contributed by atoms with van der Waals surface area (Å²) in [6, 6.07) is 16.6. The number of hydrogen-bond acceptors (Lipinski definition) is 4. The summed E-state index contributed by atoms with van der Waals surface area (Å²) in [6.07, 6.45) is 1.79. The quantitative estimate of drug-likeness (QED) is 0.722. The number of nitrogens with zero attached hydrogens (tertiary/aromatic N) is 3. The largest absolute Gasteiger partial charge is 0.423 e. The van der Waals surface area contributed by atoms with Crippen LogP contribution in [0.2, 0.25) is 0 Å². The molecule has 126 valence electrons. The van der Waals surface area contributed by atoms with Crippen molar-refractivity contribution in [3.8, 4) is 0 Å². The van der Waals surface area contributed by atoms with Crippen LogP contribution in [-0.2, 0) is 11.2 Å². The maximum atomic E-state index is 13.0. The molecule has 0 N–H and O–H groups in total. The van der Waals surface area contributed by atoms with E-state index in [1.165, 1.54) is 5.56 Å². The first kappa shape index (κ1) is 14.5. The van der Waals surface area contributed by atoms with Gasteiger partial charge in [0, 0.05) is 25.3 Å². The Kier molecular flexibility index (Phi) is 3.26. The number of benzene rings is 2. The van der Waals surface area contributed by atoms with Gasteiger partial charge >= 0.3 is 0 Å². The Hall–Kier alpha value is -2.82. The molecule has 5 rings (SSSR count). The third kappa shape index (κ3) is 2.38. The van der Waals surface area contributed by atoms with Crippen molar-refractivity contribution in [2.24, 2.45) is 5.92 Å². The highest BCUT2D eigenvalue weighted by atomic mass is 16.4. The highest BCUT2D eigenvalue weighted by Crippen LogP contribution is 2.32. The Morgan fingerprint density at radius 3 is 2.84 bits per heavy atom. The van der Waals surface area contributed by atoms with Crippen molar-refractivity contribution >= 4 is 28.7 Å². The van der Waals surface area contributed by atoms with Gasteiger partial charge in [-0.2, -0.15) is 4.98 Å². The number of hydrogen-bond donors (Lipinski definition) is 0. The Morgan fingerprint density at radius 1 is 1.08 bits per heavy atom. The smallest absolute Gasteiger partial charge is 0.298 e. The molecular weight excluding hydrogens is 314 g/mol. The summed E-state index contributed by atoms with van der Waals surface area (Å²) in [7, 11) is 0. The molecule has 0 spiro atoms. The van der Waals surface area contributed by atoms with E-state index >= 15 is 0 Å². The Labute approximate surface area is 145 Å². The normalized spacial score (nSPS) is 19.6. The number of para-hydroxylation sites is 3. The van der Waals surface area contributed by atoms with Gasteiger partial charge < -0.3 is 14.2 Å². The van der Waals surface area contributed by atoms with E-state index in [-0.39, 0.29) is 11.8 Å². The van der Waals surface area contributed by atoms with Crippen LogP contribution in [0.25, 0.3) is 11.1 Å². The molecule has 2 aliphatic heterocycles. The van der Waals surface area contributed by atoms with Gasteiger partial charge in [-0.1, -0.05) is 30.3 Å². The molecule has 1 atom stereocenters. The predicted molar refractivity (Wildman–Crippen MR) is 96.8 cm³/mol. The van der Waals surface area contributed by atoms with E-state index < -0.39 is 0 Å². The van der Waals surface area contributed by atoms with Crippen molar-refractivity contribution in [3.05, 3.63) is 54.1 Å². The van der Waals surface area contributed by atoms with Crippen molar-refractivity contribution in [3.63, 3.8) is 0 Å². The molecule has 2 aromatic carbocycles. The number of rotatable bonds is 2. The second kappa shape index (κ2) is 5.62. The molecule has 5 nitrogen and oxygen atoms in total. The molecule has 1 fully saturated rings. The highest BCUT2D eigenvalue weighted by molar-refractivity contribution is 5.97.